The molecule has 1 aromatic heterocycles. The monoisotopic (exact) mass is 354 g/mol. The summed E-state index contributed by atoms with van der Waals surface area (Å²) in [5, 5.41) is 15.9. The van der Waals surface area contributed by atoms with Gasteiger partial charge in [-0.3, -0.25) is 4.79 Å². The molecule has 1 heterocycles. The Labute approximate surface area is 146 Å². The van der Waals surface area contributed by atoms with E-state index in [2.05, 4.69) is 20.8 Å². The minimum absolute atomic E-state index is 0.119. The minimum Gasteiger partial charge on any atom is -0.357 e. The van der Waals surface area contributed by atoms with E-state index in [1.54, 1.807) is 11.3 Å². The van der Waals surface area contributed by atoms with Crippen LogP contribution >= 0.6 is 23.1 Å². The third-order valence-corrected chi connectivity index (χ3v) is 6.73. The molecule has 0 saturated heterocycles. The van der Waals surface area contributed by atoms with Crippen molar-refractivity contribution in [2.75, 3.05) is 5.32 Å². The van der Waals surface area contributed by atoms with Crippen LogP contribution < -0.4 is 10.6 Å². The lowest BCUT2D eigenvalue weighted by Gasteiger charge is -2.21. The van der Waals surface area contributed by atoms with Crippen LogP contribution in [-0.2, 0) is 4.79 Å². The average molecular weight is 355 g/mol. The van der Waals surface area contributed by atoms with Gasteiger partial charge < -0.3 is 10.6 Å². The van der Waals surface area contributed by atoms with Gasteiger partial charge in [0.25, 0.3) is 0 Å². The van der Waals surface area contributed by atoms with Crippen molar-refractivity contribution in [1.29, 1.82) is 0 Å². The van der Waals surface area contributed by atoms with E-state index in [9.17, 15) is 4.79 Å². The molecule has 2 fully saturated rings. The molecule has 2 aliphatic carbocycles. The number of hydrogen-bond donors (Lipinski definition) is 2. The summed E-state index contributed by atoms with van der Waals surface area (Å²) in [4.78, 5) is 12.2. The van der Waals surface area contributed by atoms with Crippen molar-refractivity contribution >= 4 is 34.1 Å². The molecule has 5 nitrogen and oxygen atoms in total. The second-order valence-corrected chi connectivity index (χ2v) is 9.17. The Hall–Kier alpha value is -0.820. The topological polar surface area (TPSA) is 66.9 Å². The van der Waals surface area contributed by atoms with Crippen molar-refractivity contribution in [3.63, 3.8) is 0 Å². The van der Waals surface area contributed by atoms with Gasteiger partial charge in [0.1, 0.15) is 0 Å². The van der Waals surface area contributed by atoms with Gasteiger partial charge in [-0.1, -0.05) is 55.2 Å². The Kier molecular flexibility index (Phi) is 6.16. The van der Waals surface area contributed by atoms with Gasteiger partial charge in [0.2, 0.25) is 11.0 Å². The molecule has 0 bridgehead atoms. The highest BCUT2D eigenvalue weighted by Crippen LogP contribution is 2.31. The molecule has 2 N–H and O–H groups in total. The number of hydrogen-bond acceptors (Lipinski definition) is 6. The zero-order valence-electron chi connectivity index (χ0n) is 13.7. The molecule has 2 saturated carbocycles. The molecule has 1 amide bonds. The van der Waals surface area contributed by atoms with E-state index in [0.717, 1.165) is 22.3 Å². The minimum atomic E-state index is -0.119. The Bertz CT molecular complexity index is 510. The van der Waals surface area contributed by atoms with Gasteiger partial charge in [0.15, 0.2) is 4.34 Å². The van der Waals surface area contributed by atoms with Crippen LogP contribution in [-0.4, -0.2) is 33.4 Å². The quantitative estimate of drug-likeness (QED) is 0.760. The SMILES string of the molecule is CC(Sc1nnc(NC2CCCCC2)s1)C(=O)NC1CCCC1. The molecular formula is C16H26N4OS2. The predicted molar refractivity (Wildman–Crippen MR) is 96.1 cm³/mol. The van der Waals surface area contributed by atoms with Gasteiger partial charge >= 0.3 is 0 Å². The van der Waals surface area contributed by atoms with Crippen molar-refractivity contribution in [2.45, 2.75) is 86.4 Å². The summed E-state index contributed by atoms with van der Waals surface area (Å²) in [6.07, 6.45) is 11.1. The van der Waals surface area contributed by atoms with E-state index in [1.165, 1.54) is 56.7 Å². The van der Waals surface area contributed by atoms with Gasteiger partial charge in [-0.05, 0) is 32.6 Å². The van der Waals surface area contributed by atoms with Crippen LogP contribution in [0.3, 0.4) is 0 Å². The Morgan fingerprint density at radius 3 is 2.48 bits per heavy atom. The maximum absolute atomic E-state index is 12.2. The van der Waals surface area contributed by atoms with Crippen LogP contribution in [0.25, 0.3) is 0 Å². The van der Waals surface area contributed by atoms with Crippen molar-refractivity contribution in [3.8, 4) is 0 Å². The first kappa shape index (κ1) is 17.0. The van der Waals surface area contributed by atoms with Crippen LogP contribution in [0.2, 0.25) is 0 Å². The molecule has 2 aliphatic rings. The van der Waals surface area contributed by atoms with E-state index < -0.39 is 0 Å². The maximum atomic E-state index is 12.2. The second-order valence-electron chi connectivity index (χ2n) is 6.60. The summed E-state index contributed by atoms with van der Waals surface area (Å²) in [6, 6.07) is 0.918. The normalized spacial score (nSPS) is 21.3. The van der Waals surface area contributed by atoms with Gasteiger partial charge in [0.05, 0.1) is 5.25 Å². The molecule has 3 rings (SSSR count). The highest BCUT2D eigenvalue weighted by molar-refractivity contribution is 8.02. The van der Waals surface area contributed by atoms with E-state index in [-0.39, 0.29) is 11.2 Å². The van der Waals surface area contributed by atoms with Gasteiger partial charge in [0, 0.05) is 12.1 Å². The number of rotatable bonds is 6. The van der Waals surface area contributed by atoms with Gasteiger partial charge in [-0.25, -0.2) is 0 Å². The Morgan fingerprint density at radius 2 is 1.74 bits per heavy atom. The maximum Gasteiger partial charge on any atom is 0.233 e. The molecule has 0 aromatic carbocycles. The van der Waals surface area contributed by atoms with Crippen LogP contribution in [0.5, 0.6) is 0 Å². The molecule has 1 atom stereocenters. The summed E-state index contributed by atoms with van der Waals surface area (Å²) in [5.41, 5.74) is 0. The van der Waals surface area contributed by atoms with Crippen molar-refractivity contribution < 1.29 is 4.79 Å². The molecule has 0 radical (unpaired) electrons. The van der Waals surface area contributed by atoms with E-state index in [4.69, 9.17) is 0 Å². The lowest BCUT2D eigenvalue weighted by molar-refractivity contribution is -0.120. The van der Waals surface area contributed by atoms with Crippen molar-refractivity contribution in [1.82, 2.24) is 15.5 Å². The van der Waals surface area contributed by atoms with E-state index >= 15 is 0 Å². The molecular weight excluding hydrogens is 328 g/mol. The van der Waals surface area contributed by atoms with Crippen LogP contribution in [0.4, 0.5) is 5.13 Å². The first-order valence-electron chi connectivity index (χ1n) is 8.78. The van der Waals surface area contributed by atoms with E-state index in [0.29, 0.717) is 12.1 Å². The van der Waals surface area contributed by atoms with Gasteiger partial charge in [-0.2, -0.15) is 0 Å². The van der Waals surface area contributed by atoms with Gasteiger partial charge in [-0.15, -0.1) is 10.2 Å². The van der Waals surface area contributed by atoms with Crippen LogP contribution in [0.15, 0.2) is 4.34 Å². The summed E-state index contributed by atoms with van der Waals surface area (Å²) in [7, 11) is 0. The summed E-state index contributed by atoms with van der Waals surface area (Å²) < 4.78 is 0.873. The number of carbonyl (C=O) groups excluding carboxylic acids is 1. The molecule has 7 heteroatoms. The summed E-state index contributed by atoms with van der Waals surface area (Å²) >= 11 is 3.08. The number of anilines is 1. The molecule has 1 aromatic rings. The van der Waals surface area contributed by atoms with Crippen LogP contribution in [0.1, 0.15) is 64.7 Å². The lowest BCUT2D eigenvalue weighted by Crippen LogP contribution is -2.37. The number of amides is 1. The fourth-order valence-corrected chi connectivity index (χ4v) is 5.31. The standard InChI is InChI=1S/C16H26N4OS2/c1-11(14(21)17-12-9-5-6-10-12)22-16-20-19-15(23-16)18-13-7-3-2-4-8-13/h11-13H,2-10H2,1H3,(H,17,21)(H,18,19). The highest BCUT2D eigenvalue weighted by atomic mass is 32.2. The third kappa shape index (κ3) is 5.08. The first-order valence-corrected chi connectivity index (χ1v) is 10.5. The largest absolute Gasteiger partial charge is 0.357 e. The summed E-state index contributed by atoms with van der Waals surface area (Å²) in [5.74, 6) is 0.124. The fraction of sp³-hybridized carbons (Fsp3) is 0.812. The smallest absolute Gasteiger partial charge is 0.233 e. The molecule has 1 unspecified atom stereocenters. The second kappa shape index (κ2) is 8.33. The zero-order chi connectivity index (χ0) is 16.1. The third-order valence-electron chi connectivity index (χ3n) is 4.69. The summed E-state index contributed by atoms with van der Waals surface area (Å²) in [6.45, 7) is 1.95. The fourth-order valence-electron chi connectivity index (χ4n) is 3.33. The number of aromatic nitrogens is 2. The van der Waals surface area contributed by atoms with Crippen LogP contribution in [0, 0.1) is 0 Å². The number of nitrogens with one attached hydrogen (secondary N) is 2. The zero-order valence-corrected chi connectivity index (χ0v) is 15.3. The highest BCUT2D eigenvalue weighted by Gasteiger charge is 2.22. The molecule has 23 heavy (non-hydrogen) atoms. The average Bonchev–Trinajstić information content (AvgIpc) is 3.20. The van der Waals surface area contributed by atoms with Crippen molar-refractivity contribution in [2.24, 2.45) is 0 Å². The molecule has 128 valence electrons. The number of nitrogens with zero attached hydrogens (tertiary/aromatic N) is 2. The Balaban J connectivity index is 1.46. The first-order chi connectivity index (χ1) is 11.2. The number of thioether (sulfide) groups is 1. The van der Waals surface area contributed by atoms with Crippen molar-refractivity contribution in [3.05, 3.63) is 0 Å². The Morgan fingerprint density at radius 1 is 1.09 bits per heavy atom. The predicted octanol–water partition coefficient (Wildman–Crippen LogP) is 3.82. The lowest BCUT2D eigenvalue weighted by atomic mass is 9.96. The van der Waals surface area contributed by atoms with E-state index in [1.807, 2.05) is 6.92 Å². The number of carbonyl (C=O) groups is 1. The molecule has 0 spiro atoms. The molecule has 0 aliphatic heterocycles.